The Labute approximate surface area is 140 Å². The van der Waals surface area contributed by atoms with Crippen LogP contribution >= 0.6 is 0 Å². The number of urea groups is 1. The summed E-state index contributed by atoms with van der Waals surface area (Å²) in [5, 5.41) is 2.66. The molecule has 2 saturated heterocycles. The van der Waals surface area contributed by atoms with Gasteiger partial charge in [0, 0.05) is 24.9 Å². The number of sulfone groups is 1. The zero-order chi connectivity index (χ0) is 17.2. The highest BCUT2D eigenvalue weighted by Crippen LogP contribution is 2.22. The second-order valence-corrected chi connectivity index (χ2v) is 8.51. The number of ether oxygens (including phenoxy) is 1. The molecule has 0 saturated carbocycles. The van der Waals surface area contributed by atoms with Gasteiger partial charge in [-0.2, -0.15) is 0 Å². The Balaban J connectivity index is 1.73. The molecule has 0 aliphatic carbocycles. The van der Waals surface area contributed by atoms with Gasteiger partial charge in [-0.05, 0) is 37.5 Å². The van der Waals surface area contributed by atoms with Crippen LogP contribution in [0.5, 0.6) is 0 Å². The molecule has 0 radical (unpaired) electrons. The van der Waals surface area contributed by atoms with E-state index in [4.69, 9.17) is 4.74 Å². The topological polar surface area (TPSA) is 75.7 Å². The third-order valence-electron chi connectivity index (χ3n) is 4.41. The van der Waals surface area contributed by atoms with E-state index in [9.17, 15) is 17.6 Å². The molecule has 2 amide bonds. The van der Waals surface area contributed by atoms with Gasteiger partial charge >= 0.3 is 6.03 Å². The van der Waals surface area contributed by atoms with Crippen LogP contribution in [0.4, 0.5) is 14.9 Å². The Kier molecular flexibility index (Phi) is 5.05. The van der Waals surface area contributed by atoms with Crippen LogP contribution in [0.15, 0.2) is 24.3 Å². The van der Waals surface area contributed by atoms with E-state index in [1.807, 2.05) is 0 Å². The summed E-state index contributed by atoms with van der Waals surface area (Å²) < 4.78 is 42.4. The van der Waals surface area contributed by atoms with Crippen LogP contribution in [-0.2, 0) is 14.6 Å². The van der Waals surface area contributed by atoms with E-state index in [0.717, 1.165) is 12.8 Å². The number of amides is 2. The Morgan fingerprint density at radius 3 is 2.83 bits per heavy atom. The Morgan fingerprint density at radius 1 is 1.38 bits per heavy atom. The van der Waals surface area contributed by atoms with Gasteiger partial charge in [0.1, 0.15) is 5.82 Å². The van der Waals surface area contributed by atoms with Crippen molar-refractivity contribution < 1.29 is 22.3 Å². The quantitative estimate of drug-likeness (QED) is 0.896. The van der Waals surface area contributed by atoms with E-state index in [1.165, 1.54) is 23.1 Å². The minimum atomic E-state index is -3.11. The highest BCUT2D eigenvalue weighted by molar-refractivity contribution is 7.91. The number of nitrogens with one attached hydrogen (secondary N) is 1. The highest BCUT2D eigenvalue weighted by atomic mass is 32.2. The molecule has 2 aliphatic heterocycles. The molecule has 1 aromatic rings. The summed E-state index contributed by atoms with van der Waals surface area (Å²) in [6, 6.07) is 4.84. The summed E-state index contributed by atoms with van der Waals surface area (Å²) in [6.07, 6.45) is 2.13. The number of carbonyl (C=O) groups excluding carboxylic acids is 1. The van der Waals surface area contributed by atoms with Gasteiger partial charge in [0.2, 0.25) is 0 Å². The van der Waals surface area contributed by atoms with Gasteiger partial charge in [-0.1, -0.05) is 6.07 Å². The monoisotopic (exact) mass is 356 g/mol. The molecule has 1 N–H and O–H groups in total. The SMILES string of the molecule is O=C(Nc1cccc(F)c1)N(C[C@@H]1CCCO1)[C@H]1CCS(=O)(=O)C1. The summed E-state index contributed by atoms with van der Waals surface area (Å²) in [5.41, 5.74) is 0.346. The Hall–Kier alpha value is -1.67. The maximum Gasteiger partial charge on any atom is 0.322 e. The lowest BCUT2D eigenvalue weighted by atomic mass is 10.1. The lowest BCUT2D eigenvalue weighted by Gasteiger charge is -2.30. The molecule has 2 heterocycles. The summed E-state index contributed by atoms with van der Waals surface area (Å²) >= 11 is 0. The molecule has 132 valence electrons. The van der Waals surface area contributed by atoms with Crippen molar-refractivity contribution in [1.82, 2.24) is 4.90 Å². The van der Waals surface area contributed by atoms with Crippen LogP contribution in [0.2, 0.25) is 0 Å². The molecule has 0 unspecified atom stereocenters. The molecule has 2 aliphatic rings. The van der Waals surface area contributed by atoms with Gasteiger partial charge in [-0.3, -0.25) is 0 Å². The fourth-order valence-corrected chi connectivity index (χ4v) is 4.92. The number of halogens is 1. The first-order valence-electron chi connectivity index (χ1n) is 8.08. The van der Waals surface area contributed by atoms with Crippen LogP contribution in [0.1, 0.15) is 19.3 Å². The molecule has 0 bridgehead atoms. The fourth-order valence-electron chi connectivity index (χ4n) is 3.19. The number of carbonyl (C=O) groups is 1. The average Bonchev–Trinajstić information content (AvgIpc) is 3.14. The second-order valence-electron chi connectivity index (χ2n) is 6.28. The van der Waals surface area contributed by atoms with E-state index < -0.39 is 21.7 Å². The van der Waals surface area contributed by atoms with E-state index in [0.29, 0.717) is 25.3 Å². The maximum atomic E-state index is 13.3. The number of rotatable bonds is 4. The van der Waals surface area contributed by atoms with Crippen LogP contribution in [0, 0.1) is 5.82 Å². The molecule has 0 aromatic heterocycles. The predicted molar refractivity (Wildman–Crippen MR) is 88.2 cm³/mol. The molecular formula is C16H21FN2O4S. The van der Waals surface area contributed by atoms with Gasteiger partial charge in [0.15, 0.2) is 9.84 Å². The molecule has 3 rings (SSSR count). The Morgan fingerprint density at radius 2 is 2.21 bits per heavy atom. The van der Waals surface area contributed by atoms with Gasteiger partial charge in [-0.25, -0.2) is 17.6 Å². The number of hydrogen-bond acceptors (Lipinski definition) is 4. The maximum absolute atomic E-state index is 13.3. The van der Waals surface area contributed by atoms with E-state index >= 15 is 0 Å². The standard InChI is InChI=1S/C16H21FN2O4S/c17-12-3-1-4-13(9-12)18-16(20)19(10-15-5-2-7-23-15)14-6-8-24(21,22)11-14/h1,3-4,9,14-15H,2,5-8,10-11H2,(H,18,20)/t14-,15-/m0/s1. The van der Waals surface area contributed by atoms with Crippen molar-refractivity contribution in [3.8, 4) is 0 Å². The smallest absolute Gasteiger partial charge is 0.322 e. The largest absolute Gasteiger partial charge is 0.376 e. The van der Waals surface area contributed by atoms with Gasteiger partial charge < -0.3 is 15.0 Å². The molecule has 2 fully saturated rings. The number of nitrogens with zero attached hydrogens (tertiary/aromatic N) is 1. The molecule has 8 heteroatoms. The van der Waals surface area contributed by atoms with Crippen LogP contribution < -0.4 is 5.32 Å². The fraction of sp³-hybridized carbons (Fsp3) is 0.562. The summed E-state index contributed by atoms with van der Waals surface area (Å²) in [7, 11) is -3.11. The minimum absolute atomic E-state index is 0.0315. The van der Waals surface area contributed by atoms with Gasteiger partial charge in [0.25, 0.3) is 0 Å². The van der Waals surface area contributed by atoms with E-state index in [-0.39, 0.29) is 23.7 Å². The highest BCUT2D eigenvalue weighted by Gasteiger charge is 2.36. The second kappa shape index (κ2) is 7.06. The van der Waals surface area contributed by atoms with Crippen LogP contribution in [0.3, 0.4) is 0 Å². The normalized spacial score (nSPS) is 25.5. The van der Waals surface area contributed by atoms with Crippen molar-refractivity contribution in [2.24, 2.45) is 0 Å². The summed E-state index contributed by atoms with van der Waals surface area (Å²) in [5.74, 6) is -0.384. The summed E-state index contributed by atoms with van der Waals surface area (Å²) in [4.78, 5) is 14.2. The molecule has 1 aromatic carbocycles. The van der Waals surface area contributed by atoms with E-state index in [1.54, 1.807) is 6.07 Å². The molecule has 6 nitrogen and oxygen atoms in total. The number of anilines is 1. The third kappa shape index (κ3) is 4.24. The van der Waals surface area contributed by atoms with Crippen molar-refractivity contribution in [3.05, 3.63) is 30.1 Å². The van der Waals surface area contributed by atoms with Crippen molar-refractivity contribution in [1.29, 1.82) is 0 Å². The Bertz CT molecular complexity index is 704. The number of benzene rings is 1. The van der Waals surface area contributed by atoms with Gasteiger partial charge in [0.05, 0.1) is 17.6 Å². The predicted octanol–water partition coefficient (Wildman–Crippen LogP) is 2.03. The van der Waals surface area contributed by atoms with Crippen LogP contribution in [-0.4, -0.2) is 56.2 Å². The first-order valence-corrected chi connectivity index (χ1v) is 9.90. The van der Waals surface area contributed by atoms with Crippen molar-refractivity contribution in [3.63, 3.8) is 0 Å². The van der Waals surface area contributed by atoms with Crippen molar-refractivity contribution in [2.45, 2.75) is 31.4 Å². The zero-order valence-electron chi connectivity index (χ0n) is 13.3. The van der Waals surface area contributed by atoms with Crippen molar-refractivity contribution in [2.75, 3.05) is 30.0 Å². The number of hydrogen-bond donors (Lipinski definition) is 1. The molecule has 0 spiro atoms. The first-order chi connectivity index (χ1) is 11.4. The lowest BCUT2D eigenvalue weighted by Crippen LogP contribution is -2.47. The van der Waals surface area contributed by atoms with Crippen molar-refractivity contribution >= 4 is 21.6 Å². The molecular weight excluding hydrogens is 335 g/mol. The molecule has 24 heavy (non-hydrogen) atoms. The first kappa shape index (κ1) is 17.2. The lowest BCUT2D eigenvalue weighted by molar-refractivity contribution is 0.0751. The molecule has 2 atom stereocenters. The minimum Gasteiger partial charge on any atom is -0.376 e. The van der Waals surface area contributed by atoms with Gasteiger partial charge in [-0.15, -0.1) is 0 Å². The third-order valence-corrected chi connectivity index (χ3v) is 6.16. The van der Waals surface area contributed by atoms with Crippen LogP contribution in [0.25, 0.3) is 0 Å². The van der Waals surface area contributed by atoms with E-state index in [2.05, 4.69) is 5.32 Å². The average molecular weight is 356 g/mol. The summed E-state index contributed by atoms with van der Waals surface area (Å²) in [6.45, 7) is 1.01. The zero-order valence-corrected chi connectivity index (χ0v) is 14.1.